The summed E-state index contributed by atoms with van der Waals surface area (Å²) in [7, 11) is 0. The van der Waals surface area contributed by atoms with Crippen LogP contribution in [0.2, 0.25) is 10.0 Å². The number of amides is 1. The first kappa shape index (κ1) is 24.9. The number of anilines is 1. The van der Waals surface area contributed by atoms with E-state index in [-0.39, 0.29) is 10.0 Å². The molecule has 4 aromatic rings. The fraction of sp³-hybridized carbons (Fsp3) is 0.0769. The van der Waals surface area contributed by atoms with Gasteiger partial charge in [0.05, 0.1) is 26.2 Å². The van der Waals surface area contributed by atoms with Gasteiger partial charge in [0.15, 0.2) is 4.32 Å². The lowest BCUT2D eigenvalue weighted by molar-refractivity contribution is -0.137. The van der Waals surface area contributed by atoms with Crippen molar-refractivity contribution in [3.63, 3.8) is 0 Å². The van der Waals surface area contributed by atoms with Gasteiger partial charge in [-0.3, -0.25) is 9.69 Å². The van der Waals surface area contributed by atoms with Crippen LogP contribution in [0.3, 0.4) is 0 Å². The van der Waals surface area contributed by atoms with Crippen LogP contribution in [0.1, 0.15) is 16.7 Å². The van der Waals surface area contributed by atoms with Crippen LogP contribution >= 0.6 is 47.2 Å². The topological polar surface area (TPSA) is 25.2 Å². The van der Waals surface area contributed by atoms with Gasteiger partial charge in [-0.15, -0.1) is 0 Å². The number of thioether (sulfide) groups is 1. The third-order valence-electron chi connectivity index (χ3n) is 5.67. The zero-order valence-electron chi connectivity index (χ0n) is 18.2. The molecule has 1 aromatic heterocycles. The van der Waals surface area contributed by atoms with Crippen molar-refractivity contribution >= 4 is 80.1 Å². The average molecular weight is 563 g/mol. The number of nitrogens with zero attached hydrogens (tertiary/aromatic N) is 2. The highest BCUT2D eigenvalue weighted by molar-refractivity contribution is 8.27. The Kier molecular flexibility index (Phi) is 6.63. The minimum Gasteiger partial charge on any atom is -0.342 e. The largest absolute Gasteiger partial charge is 0.416 e. The number of alkyl halides is 3. The second kappa shape index (κ2) is 9.59. The normalized spacial score (nSPS) is 15.5. The number of carbonyl (C=O) groups is 1. The number of hydrogen-bond donors (Lipinski definition) is 0. The van der Waals surface area contributed by atoms with Crippen molar-refractivity contribution < 1.29 is 18.0 Å². The average Bonchev–Trinajstić information content (AvgIpc) is 3.32. The van der Waals surface area contributed by atoms with Crippen LogP contribution in [-0.4, -0.2) is 14.8 Å². The van der Waals surface area contributed by atoms with Crippen molar-refractivity contribution in [1.82, 2.24) is 4.57 Å². The van der Waals surface area contributed by atoms with Crippen molar-refractivity contribution in [3.8, 4) is 0 Å². The number of aromatic nitrogens is 1. The summed E-state index contributed by atoms with van der Waals surface area (Å²) in [4.78, 5) is 14.7. The Bertz CT molecular complexity index is 1560. The van der Waals surface area contributed by atoms with Gasteiger partial charge < -0.3 is 4.57 Å². The van der Waals surface area contributed by atoms with E-state index in [4.69, 9.17) is 35.4 Å². The summed E-state index contributed by atoms with van der Waals surface area (Å²) in [6.45, 7) is 0.524. The maximum Gasteiger partial charge on any atom is 0.416 e. The first-order valence-corrected chi connectivity index (χ1v) is 12.6. The molecule has 1 fully saturated rings. The number of thiocarbonyl (C=S) groups is 1. The van der Waals surface area contributed by atoms with E-state index in [1.54, 1.807) is 18.2 Å². The number of halogens is 5. The quantitative estimate of drug-likeness (QED) is 0.184. The predicted octanol–water partition coefficient (Wildman–Crippen LogP) is 8.42. The highest BCUT2D eigenvalue weighted by Gasteiger charge is 2.36. The van der Waals surface area contributed by atoms with E-state index < -0.39 is 17.6 Å². The van der Waals surface area contributed by atoms with Crippen molar-refractivity contribution in [2.24, 2.45) is 0 Å². The standard InChI is InChI=1S/C26H15Cl2F3N2OS2/c27-20-9-8-15(10-21(20)28)13-32-14-16(19-6-1-2-7-22(19)32)11-23-24(34)33(25(35)36-23)18-5-3-4-17(12-18)26(29,30)31/h1-12,14H,13H2. The van der Waals surface area contributed by atoms with E-state index in [0.29, 0.717) is 21.5 Å². The Hall–Kier alpha value is -2.78. The molecule has 0 N–H and O–H groups in total. The van der Waals surface area contributed by atoms with Gasteiger partial charge in [0, 0.05) is 29.2 Å². The summed E-state index contributed by atoms with van der Waals surface area (Å²) in [6.07, 6.45) is -0.882. The van der Waals surface area contributed by atoms with Crippen molar-refractivity contribution in [2.75, 3.05) is 4.90 Å². The van der Waals surface area contributed by atoms with Gasteiger partial charge in [-0.05, 0) is 48.0 Å². The van der Waals surface area contributed by atoms with Gasteiger partial charge >= 0.3 is 6.18 Å². The number of fused-ring (bicyclic) bond motifs is 1. The molecule has 3 aromatic carbocycles. The zero-order valence-corrected chi connectivity index (χ0v) is 21.4. The van der Waals surface area contributed by atoms with Crippen LogP contribution in [-0.2, 0) is 17.5 Å². The molecule has 0 radical (unpaired) electrons. The van der Waals surface area contributed by atoms with E-state index >= 15 is 0 Å². The smallest absolute Gasteiger partial charge is 0.342 e. The second-order valence-electron chi connectivity index (χ2n) is 8.04. The summed E-state index contributed by atoms with van der Waals surface area (Å²) < 4.78 is 41.8. The van der Waals surface area contributed by atoms with Crippen molar-refractivity contribution in [2.45, 2.75) is 12.7 Å². The van der Waals surface area contributed by atoms with Crippen LogP contribution < -0.4 is 4.90 Å². The Morgan fingerprint density at radius 1 is 0.972 bits per heavy atom. The molecule has 0 saturated carbocycles. The molecule has 1 aliphatic rings. The lowest BCUT2D eigenvalue weighted by Crippen LogP contribution is -2.27. The summed E-state index contributed by atoms with van der Waals surface area (Å²) >= 11 is 18.6. The van der Waals surface area contributed by atoms with Crippen molar-refractivity contribution in [3.05, 3.63) is 105 Å². The van der Waals surface area contributed by atoms with E-state index in [0.717, 1.165) is 50.8 Å². The van der Waals surface area contributed by atoms with Crippen LogP contribution in [0.25, 0.3) is 17.0 Å². The summed E-state index contributed by atoms with van der Waals surface area (Å²) in [6, 6.07) is 17.8. The van der Waals surface area contributed by atoms with Gasteiger partial charge in [-0.2, -0.15) is 13.2 Å². The number of para-hydroxylation sites is 1. The maximum atomic E-state index is 13.2. The molecule has 5 rings (SSSR count). The van der Waals surface area contributed by atoms with Gasteiger partial charge in [-0.25, -0.2) is 0 Å². The molecule has 0 unspecified atom stereocenters. The Morgan fingerprint density at radius 2 is 1.75 bits per heavy atom. The lowest BCUT2D eigenvalue weighted by atomic mass is 10.1. The monoisotopic (exact) mass is 562 g/mol. The Morgan fingerprint density at radius 3 is 2.50 bits per heavy atom. The van der Waals surface area contributed by atoms with Crippen LogP contribution in [0.4, 0.5) is 18.9 Å². The maximum absolute atomic E-state index is 13.2. The molecule has 0 bridgehead atoms. The number of rotatable bonds is 4. The summed E-state index contributed by atoms with van der Waals surface area (Å²) in [5, 5.41) is 1.85. The molecule has 10 heteroatoms. The molecule has 182 valence electrons. The third kappa shape index (κ3) is 4.78. The van der Waals surface area contributed by atoms with E-state index in [1.807, 2.05) is 41.1 Å². The zero-order chi connectivity index (χ0) is 25.6. The van der Waals surface area contributed by atoms with Crippen LogP contribution in [0.15, 0.2) is 77.8 Å². The molecule has 0 spiro atoms. The fourth-order valence-electron chi connectivity index (χ4n) is 4.01. The molecule has 2 heterocycles. The first-order chi connectivity index (χ1) is 17.1. The molecule has 1 amide bonds. The molecular weight excluding hydrogens is 548 g/mol. The van der Waals surface area contributed by atoms with Gasteiger partial charge in [-0.1, -0.05) is 77.5 Å². The van der Waals surface area contributed by atoms with Crippen LogP contribution in [0, 0.1) is 0 Å². The number of hydrogen-bond acceptors (Lipinski definition) is 3. The molecule has 3 nitrogen and oxygen atoms in total. The number of carbonyl (C=O) groups excluding carboxylic acids is 1. The molecule has 0 aliphatic carbocycles. The highest BCUT2D eigenvalue weighted by atomic mass is 35.5. The lowest BCUT2D eigenvalue weighted by Gasteiger charge is -2.16. The van der Waals surface area contributed by atoms with E-state index in [1.165, 1.54) is 12.1 Å². The highest BCUT2D eigenvalue weighted by Crippen LogP contribution is 2.39. The minimum atomic E-state index is -4.53. The predicted molar refractivity (Wildman–Crippen MR) is 145 cm³/mol. The van der Waals surface area contributed by atoms with Gasteiger partial charge in [0.2, 0.25) is 0 Å². The van der Waals surface area contributed by atoms with E-state index in [2.05, 4.69) is 0 Å². The van der Waals surface area contributed by atoms with Gasteiger partial charge in [0.1, 0.15) is 0 Å². The molecule has 0 atom stereocenters. The fourth-order valence-corrected chi connectivity index (χ4v) is 5.62. The molecular formula is C26H15Cl2F3N2OS2. The molecule has 36 heavy (non-hydrogen) atoms. The van der Waals surface area contributed by atoms with Gasteiger partial charge in [0.25, 0.3) is 5.91 Å². The number of benzene rings is 3. The minimum absolute atomic E-state index is 0.0813. The third-order valence-corrected chi connectivity index (χ3v) is 7.71. The summed E-state index contributed by atoms with van der Waals surface area (Å²) in [5.41, 5.74) is 1.92. The SMILES string of the molecule is O=C1C(=Cc2cn(Cc3ccc(Cl)c(Cl)c3)c3ccccc23)SC(=S)N1c1cccc(C(F)(F)F)c1. The van der Waals surface area contributed by atoms with E-state index in [9.17, 15) is 18.0 Å². The second-order valence-corrected chi connectivity index (χ2v) is 10.5. The summed E-state index contributed by atoms with van der Waals surface area (Å²) in [5.74, 6) is -0.467. The first-order valence-electron chi connectivity index (χ1n) is 10.6. The molecule has 1 saturated heterocycles. The van der Waals surface area contributed by atoms with Crippen molar-refractivity contribution in [1.29, 1.82) is 0 Å². The molecule has 1 aliphatic heterocycles. The Balaban J connectivity index is 1.50. The van der Waals surface area contributed by atoms with Crippen LogP contribution in [0.5, 0.6) is 0 Å². The Labute approximate surface area is 224 Å².